The lowest BCUT2D eigenvalue weighted by Gasteiger charge is -2.32. The summed E-state index contributed by atoms with van der Waals surface area (Å²) in [5.74, 6) is -3.34. The summed E-state index contributed by atoms with van der Waals surface area (Å²) in [5, 5.41) is 8.79. The highest BCUT2D eigenvalue weighted by Crippen LogP contribution is 2.42. The Balaban J connectivity index is 1.74. The zero-order valence-electron chi connectivity index (χ0n) is 14.0. The van der Waals surface area contributed by atoms with Crippen LogP contribution in [-0.2, 0) is 16.1 Å². The van der Waals surface area contributed by atoms with E-state index in [1.165, 1.54) is 22.7 Å². The molecule has 1 aliphatic rings. The molecule has 10 heteroatoms. The van der Waals surface area contributed by atoms with Gasteiger partial charge in [-0.25, -0.2) is 13.8 Å². The predicted molar refractivity (Wildman–Crippen MR) is 107 cm³/mol. The molecule has 2 aromatic carbocycles. The van der Waals surface area contributed by atoms with Crippen LogP contribution in [0.15, 0.2) is 39.7 Å². The molecule has 1 unspecified atom stereocenters. The number of hydrogen-bond acceptors (Lipinski definition) is 5. The first-order valence-electron chi connectivity index (χ1n) is 8.06. The van der Waals surface area contributed by atoms with Gasteiger partial charge in [0.05, 0.1) is 34.1 Å². The first kappa shape index (κ1) is 19.3. The standard InChI is InChI=1S/C18H11BrF2N2O3S2/c19-8-1-4-12-11(5-8)23(18(26)13(27-12)6-15(24)25)7-14-22-10-3-2-9(20)16(21)17(10)28-14/h1-5,13H,6-7H2,(H,24,25). The number of anilines is 1. The average molecular weight is 485 g/mol. The van der Waals surface area contributed by atoms with Crippen LogP contribution in [0.1, 0.15) is 11.4 Å². The van der Waals surface area contributed by atoms with Crippen LogP contribution in [0.25, 0.3) is 10.2 Å². The number of halogens is 3. The van der Waals surface area contributed by atoms with Gasteiger partial charge in [-0.3, -0.25) is 9.59 Å². The summed E-state index contributed by atoms with van der Waals surface area (Å²) in [6.07, 6.45) is -0.310. The normalized spacial score (nSPS) is 16.5. The van der Waals surface area contributed by atoms with Crippen molar-refractivity contribution >= 4 is 66.8 Å². The fourth-order valence-corrected chi connectivity index (χ4v) is 5.46. The molecule has 0 spiro atoms. The van der Waals surface area contributed by atoms with Crippen molar-refractivity contribution in [3.05, 3.63) is 51.4 Å². The molecule has 0 saturated carbocycles. The van der Waals surface area contributed by atoms with E-state index in [9.17, 15) is 18.4 Å². The summed E-state index contributed by atoms with van der Waals surface area (Å²) < 4.78 is 28.3. The Hall–Kier alpha value is -2.04. The molecule has 1 amide bonds. The molecule has 0 aliphatic carbocycles. The maximum Gasteiger partial charge on any atom is 0.305 e. The molecule has 1 atom stereocenters. The van der Waals surface area contributed by atoms with E-state index in [4.69, 9.17) is 5.11 Å². The van der Waals surface area contributed by atoms with Crippen LogP contribution in [0.4, 0.5) is 14.5 Å². The molecular weight excluding hydrogens is 474 g/mol. The molecule has 0 fully saturated rings. The Kier molecular flexibility index (Phi) is 5.11. The number of rotatable bonds is 4. The molecular formula is C18H11BrF2N2O3S2. The van der Waals surface area contributed by atoms with Crippen LogP contribution < -0.4 is 4.90 Å². The number of fused-ring (bicyclic) bond motifs is 2. The number of aromatic nitrogens is 1. The summed E-state index contributed by atoms with van der Waals surface area (Å²) >= 11 is 5.56. The van der Waals surface area contributed by atoms with Crippen LogP contribution in [0.5, 0.6) is 0 Å². The van der Waals surface area contributed by atoms with E-state index in [1.54, 1.807) is 6.07 Å². The van der Waals surface area contributed by atoms with E-state index in [1.807, 2.05) is 12.1 Å². The van der Waals surface area contributed by atoms with Gasteiger partial charge in [0.15, 0.2) is 11.6 Å². The maximum absolute atomic E-state index is 14.0. The summed E-state index contributed by atoms with van der Waals surface area (Å²) in [4.78, 5) is 30.6. The van der Waals surface area contributed by atoms with Crippen molar-refractivity contribution in [2.24, 2.45) is 0 Å². The molecule has 28 heavy (non-hydrogen) atoms. The smallest absolute Gasteiger partial charge is 0.305 e. The van der Waals surface area contributed by atoms with Crippen molar-refractivity contribution in [2.45, 2.75) is 23.1 Å². The molecule has 0 saturated heterocycles. The SMILES string of the molecule is O=C(O)CC1Sc2ccc(Br)cc2N(Cc2nc3ccc(F)c(F)c3s2)C1=O. The molecule has 2 heterocycles. The fraction of sp³-hybridized carbons (Fsp3) is 0.167. The molecule has 5 nitrogen and oxygen atoms in total. The van der Waals surface area contributed by atoms with Gasteiger partial charge in [0, 0.05) is 9.37 Å². The second-order valence-electron chi connectivity index (χ2n) is 6.06. The van der Waals surface area contributed by atoms with Gasteiger partial charge in [0.2, 0.25) is 5.91 Å². The lowest BCUT2D eigenvalue weighted by Crippen LogP contribution is -2.41. The zero-order valence-corrected chi connectivity index (χ0v) is 17.2. The third-order valence-corrected chi connectivity index (χ3v) is 6.96. The van der Waals surface area contributed by atoms with Gasteiger partial charge < -0.3 is 10.0 Å². The third-order valence-electron chi connectivity index (χ3n) is 4.17. The number of benzene rings is 2. The van der Waals surface area contributed by atoms with Crippen LogP contribution >= 0.6 is 39.0 Å². The lowest BCUT2D eigenvalue weighted by atomic mass is 10.2. The van der Waals surface area contributed by atoms with E-state index in [0.29, 0.717) is 16.2 Å². The van der Waals surface area contributed by atoms with Crippen molar-refractivity contribution in [3.63, 3.8) is 0 Å². The van der Waals surface area contributed by atoms with Crippen molar-refractivity contribution in [3.8, 4) is 0 Å². The Bertz CT molecular complexity index is 1120. The number of hydrogen-bond donors (Lipinski definition) is 1. The van der Waals surface area contributed by atoms with E-state index < -0.39 is 22.9 Å². The highest BCUT2D eigenvalue weighted by Gasteiger charge is 2.35. The Morgan fingerprint density at radius 3 is 2.82 bits per heavy atom. The molecule has 1 aliphatic heterocycles. The van der Waals surface area contributed by atoms with Gasteiger partial charge in [-0.1, -0.05) is 15.9 Å². The first-order valence-corrected chi connectivity index (χ1v) is 10.5. The largest absolute Gasteiger partial charge is 0.481 e. The van der Waals surface area contributed by atoms with Crippen LogP contribution in [0, 0.1) is 11.6 Å². The Labute approximate surface area is 174 Å². The van der Waals surface area contributed by atoms with Gasteiger partial charge in [0.25, 0.3) is 0 Å². The Morgan fingerprint density at radius 1 is 1.29 bits per heavy atom. The molecule has 4 rings (SSSR count). The van der Waals surface area contributed by atoms with Crippen LogP contribution in [0.2, 0.25) is 0 Å². The average Bonchev–Trinajstić information content (AvgIpc) is 3.05. The minimum absolute atomic E-state index is 0.0410. The monoisotopic (exact) mass is 484 g/mol. The molecule has 0 bridgehead atoms. The van der Waals surface area contributed by atoms with Crippen molar-refractivity contribution in [2.75, 3.05) is 4.90 Å². The van der Waals surface area contributed by atoms with Crippen molar-refractivity contribution < 1.29 is 23.5 Å². The third kappa shape index (κ3) is 3.51. The van der Waals surface area contributed by atoms with Gasteiger partial charge in [-0.2, -0.15) is 0 Å². The minimum Gasteiger partial charge on any atom is -0.481 e. The van der Waals surface area contributed by atoms with E-state index in [0.717, 1.165) is 26.8 Å². The number of carboxylic acid groups (broad SMARTS) is 1. The van der Waals surface area contributed by atoms with E-state index in [2.05, 4.69) is 20.9 Å². The van der Waals surface area contributed by atoms with Crippen LogP contribution in [0.3, 0.4) is 0 Å². The number of amides is 1. The summed E-state index contributed by atoms with van der Waals surface area (Å²) in [7, 11) is 0. The Morgan fingerprint density at radius 2 is 2.07 bits per heavy atom. The van der Waals surface area contributed by atoms with Gasteiger partial charge in [-0.05, 0) is 30.3 Å². The van der Waals surface area contributed by atoms with Gasteiger partial charge in [-0.15, -0.1) is 23.1 Å². The zero-order chi connectivity index (χ0) is 20.0. The maximum atomic E-state index is 14.0. The molecule has 144 valence electrons. The van der Waals surface area contributed by atoms with E-state index in [-0.39, 0.29) is 23.6 Å². The van der Waals surface area contributed by atoms with Gasteiger partial charge >= 0.3 is 5.97 Å². The number of thioether (sulfide) groups is 1. The van der Waals surface area contributed by atoms with E-state index >= 15 is 0 Å². The number of carbonyl (C=O) groups excluding carboxylic acids is 1. The second kappa shape index (κ2) is 7.41. The number of aliphatic carboxylic acids is 1. The first-order chi connectivity index (χ1) is 13.3. The van der Waals surface area contributed by atoms with Crippen LogP contribution in [-0.4, -0.2) is 27.2 Å². The molecule has 1 N–H and O–H groups in total. The number of nitrogens with zero attached hydrogens (tertiary/aromatic N) is 2. The summed E-state index contributed by atoms with van der Waals surface area (Å²) in [6, 6.07) is 7.79. The highest BCUT2D eigenvalue weighted by molar-refractivity contribution is 9.10. The highest BCUT2D eigenvalue weighted by atomic mass is 79.9. The number of thiazole rings is 1. The topological polar surface area (TPSA) is 70.5 Å². The molecule has 0 radical (unpaired) electrons. The summed E-state index contributed by atoms with van der Waals surface area (Å²) in [5.41, 5.74) is 0.936. The predicted octanol–water partition coefficient (Wildman–Crippen LogP) is 4.82. The quantitative estimate of drug-likeness (QED) is 0.574. The fourth-order valence-electron chi connectivity index (χ4n) is 2.93. The molecule has 1 aromatic heterocycles. The summed E-state index contributed by atoms with van der Waals surface area (Å²) in [6.45, 7) is 0.0410. The van der Waals surface area contributed by atoms with Crippen molar-refractivity contribution in [1.29, 1.82) is 0 Å². The van der Waals surface area contributed by atoms with Gasteiger partial charge in [0.1, 0.15) is 5.01 Å². The minimum atomic E-state index is -1.07. The lowest BCUT2D eigenvalue weighted by molar-refractivity contribution is -0.138. The molecule has 3 aromatic rings. The van der Waals surface area contributed by atoms with Crippen molar-refractivity contribution in [1.82, 2.24) is 4.98 Å². The second-order valence-corrected chi connectivity index (χ2v) is 9.30. The number of carbonyl (C=O) groups is 2. The number of carboxylic acids is 1.